The Hall–Kier alpha value is 0.110. The third kappa shape index (κ3) is 5.67. The van der Waals surface area contributed by atoms with E-state index >= 15 is 0 Å². The van der Waals surface area contributed by atoms with Crippen LogP contribution in [0.1, 0.15) is 51.9 Å². The van der Waals surface area contributed by atoms with E-state index in [1.165, 1.54) is 0 Å². The highest BCUT2D eigenvalue weighted by atomic mass is 31.2. The number of hydrogen-bond acceptors (Lipinski definition) is 3. The number of phosphoric acid groups is 1. The fourth-order valence-corrected chi connectivity index (χ4v) is 2.81. The molecule has 1 heterocycles. The largest absolute Gasteiger partial charge is 0.472 e. The molecule has 0 saturated carbocycles. The van der Waals surface area contributed by atoms with Crippen LogP contribution in [0.3, 0.4) is 0 Å². The van der Waals surface area contributed by atoms with Crippen molar-refractivity contribution in [3.05, 3.63) is 0 Å². The van der Waals surface area contributed by atoms with E-state index in [1.54, 1.807) is 0 Å². The first-order valence-corrected chi connectivity index (χ1v) is 7.29. The fourth-order valence-electron chi connectivity index (χ4n) is 1.80. The van der Waals surface area contributed by atoms with Gasteiger partial charge >= 0.3 is 7.82 Å². The van der Waals surface area contributed by atoms with Gasteiger partial charge < -0.3 is 4.89 Å². The molecule has 0 aromatic rings. The van der Waals surface area contributed by atoms with Crippen LogP contribution in [0.25, 0.3) is 0 Å². The highest BCUT2D eigenvalue weighted by molar-refractivity contribution is 7.47. The first-order valence-electron chi connectivity index (χ1n) is 5.80. The molecule has 0 aromatic heterocycles. The van der Waals surface area contributed by atoms with Gasteiger partial charge in [0.05, 0.1) is 12.7 Å². The van der Waals surface area contributed by atoms with Crippen LogP contribution in [0.4, 0.5) is 0 Å². The van der Waals surface area contributed by atoms with E-state index in [1.807, 2.05) is 6.92 Å². The van der Waals surface area contributed by atoms with E-state index in [4.69, 9.17) is 9.05 Å². The molecule has 90 valence electrons. The SMILES string of the molecule is CCCC1CCCCCCOP(=O)(O)O1. The average Bonchev–Trinajstić information content (AvgIpc) is 2.15. The number of phosphoric ester groups is 1. The van der Waals surface area contributed by atoms with Crippen molar-refractivity contribution in [3.8, 4) is 0 Å². The van der Waals surface area contributed by atoms with Crippen LogP contribution in [0.15, 0.2) is 0 Å². The van der Waals surface area contributed by atoms with Gasteiger partial charge in [0, 0.05) is 0 Å². The van der Waals surface area contributed by atoms with E-state index in [2.05, 4.69) is 0 Å². The molecule has 1 rings (SSSR count). The molecule has 1 fully saturated rings. The molecule has 1 aliphatic rings. The van der Waals surface area contributed by atoms with Gasteiger partial charge in [0.1, 0.15) is 0 Å². The van der Waals surface area contributed by atoms with Gasteiger partial charge in [0.25, 0.3) is 0 Å². The number of rotatable bonds is 2. The Labute approximate surface area is 91.6 Å². The molecule has 0 spiro atoms. The summed E-state index contributed by atoms with van der Waals surface area (Å²) in [5, 5.41) is 0. The summed E-state index contributed by atoms with van der Waals surface area (Å²) in [6.45, 7) is 2.37. The van der Waals surface area contributed by atoms with Gasteiger partial charge in [0.2, 0.25) is 0 Å². The third-order valence-corrected chi connectivity index (χ3v) is 3.64. The maximum atomic E-state index is 11.5. The summed E-state index contributed by atoms with van der Waals surface area (Å²) in [5.74, 6) is 0. The Morgan fingerprint density at radius 1 is 1.33 bits per heavy atom. The van der Waals surface area contributed by atoms with Crippen molar-refractivity contribution in [1.29, 1.82) is 0 Å². The summed E-state index contributed by atoms with van der Waals surface area (Å²) in [4.78, 5) is 9.40. The second kappa shape index (κ2) is 6.64. The summed E-state index contributed by atoms with van der Waals surface area (Å²) in [6.07, 6.45) is 6.67. The lowest BCUT2D eigenvalue weighted by Crippen LogP contribution is -2.13. The van der Waals surface area contributed by atoms with E-state index in [0.29, 0.717) is 6.61 Å². The van der Waals surface area contributed by atoms with E-state index in [-0.39, 0.29) is 6.10 Å². The molecule has 0 radical (unpaired) electrons. The smallest absolute Gasteiger partial charge is 0.302 e. The molecule has 1 aliphatic heterocycles. The van der Waals surface area contributed by atoms with Gasteiger partial charge in [0.15, 0.2) is 0 Å². The van der Waals surface area contributed by atoms with Crippen molar-refractivity contribution in [2.24, 2.45) is 0 Å². The first kappa shape index (κ1) is 13.2. The van der Waals surface area contributed by atoms with Crippen molar-refractivity contribution in [2.75, 3.05) is 6.61 Å². The Kier molecular flexibility index (Phi) is 5.83. The normalized spacial score (nSPS) is 34.9. The minimum Gasteiger partial charge on any atom is -0.302 e. The second-order valence-corrected chi connectivity index (χ2v) is 5.43. The monoisotopic (exact) mass is 236 g/mol. The van der Waals surface area contributed by atoms with Crippen molar-refractivity contribution >= 4 is 7.82 Å². The molecule has 2 atom stereocenters. The quantitative estimate of drug-likeness (QED) is 0.748. The fraction of sp³-hybridized carbons (Fsp3) is 1.00. The second-order valence-electron chi connectivity index (χ2n) is 4.02. The molecular formula is C10H21O4P. The summed E-state index contributed by atoms with van der Waals surface area (Å²) >= 11 is 0. The lowest BCUT2D eigenvalue weighted by molar-refractivity contribution is 0.0870. The lowest BCUT2D eigenvalue weighted by Gasteiger charge is -2.21. The van der Waals surface area contributed by atoms with Crippen LogP contribution in [0, 0.1) is 0 Å². The maximum Gasteiger partial charge on any atom is 0.472 e. The first-order chi connectivity index (χ1) is 7.14. The summed E-state index contributed by atoms with van der Waals surface area (Å²) in [6, 6.07) is 0. The molecule has 5 heteroatoms. The molecule has 15 heavy (non-hydrogen) atoms. The van der Waals surface area contributed by atoms with Crippen molar-refractivity contribution in [3.63, 3.8) is 0 Å². The minimum atomic E-state index is -3.79. The van der Waals surface area contributed by atoms with Gasteiger partial charge in [-0.3, -0.25) is 9.05 Å². The van der Waals surface area contributed by atoms with Crippen LogP contribution in [-0.2, 0) is 13.6 Å². The molecule has 2 unspecified atom stereocenters. The molecule has 0 amide bonds. The molecule has 1 N–H and O–H groups in total. The zero-order valence-electron chi connectivity index (χ0n) is 9.35. The van der Waals surface area contributed by atoms with Gasteiger partial charge in [-0.2, -0.15) is 0 Å². The van der Waals surface area contributed by atoms with Gasteiger partial charge in [-0.25, -0.2) is 4.57 Å². The highest BCUT2D eigenvalue weighted by Crippen LogP contribution is 2.46. The van der Waals surface area contributed by atoms with Crippen LogP contribution in [-0.4, -0.2) is 17.6 Å². The Balaban J connectivity index is 2.50. The molecule has 1 saturated heterocycles. The van der Waals surface area contributed by atoms with Gasteiger partial charge in [-0.05, 0) is 19.3 Å². The standard InChI is InChI=1S/C10H21O4P/c1-2-7-10-8-5-3-4-6-9-13-15(11,12)14-10/h10H,2-9H2,1H3,(H,11,12). The Morgan fingerprint density at radius 2 is 2.07 bits per heavy atom. The molecule has 0 aliphatic carbocycles. The predicted molar refractivity (Wildman–Crippen MR) is 58.6 cm³/mol. The summed E-state index contributed by atoms with van der Waals surface area (Å²) in [7, 11) is -3.79. The van der Waals surface area contributed by atoms with Crippen LogP contribution >= 0.6 is 7.82 Å². The van der Waals surface area contributed by atoms with Crippen LogP contribution < -0.4 is 0 Å². The topological polar surface area (TPSA) is 55.8 Å². The predicted octanol–water partition coefficient (Wildman–Crippen LogP) is 3.25. The molecule has 0 aromatic carbocycles. The third-order valence-electron chi connectivity index (χ3n) is 2.57. The van der Waals surface area contributed by atoms with Crippen molar-refractivity contribution in [1.82, 2.24) is 0 Å². The molecule has 0 bridgehead atoms. The van der Waals surface area contributed by atoms with Gasteiger partial charge in [-0.1, -0.05) is 32.6 Å². The van der Waals surface area contributed by atoms with Gasteiger partial charge in [-0.15, -0.1) is 0 Å². The molecule has 4 nitrogen and oxygen atoms in total. The zero-order chi connectivity index (χ0) is 11.1. The van der Waals surface area contributed by atoms with Crippen molar-refractivity contribution < 1.29 is 18.5 Å². The summed E-state index contributed by atoms with van der Waals surface area (Å²) < 4.78 is 21.5. The van der Waals surface area contributed by atoms with E-state index < -0.39 is 7.82 Å². The van der Waals surface area contributed by atoms with E-state index in [0.717, 1.165) is 44.9 Å². The molecular weight excluding hydrogens is 215 g/mol. The Morgan fingerprint density at radius 3 is 2.80 bits per heavy atom. The lowest BCUT2D eigenvalue weighted by atomic mass is 10.1. The highest BCUT2D eigenvalue weighted by Gasteiger charge is 2.26. The van der Waals surface area contributed by atoms with Crippen LogP contribution in [0.5, 0.6) is 0 Å². The summed E-state index contributed by atoms with van der Waals surface area (Å²) in [5.41, 5.74) is 0. The average molecular weight is 236 g/mol. The van der Waals surface area contributed by atoms with E-state index in [9.17, 15) is 9.46 Å². The number of hydrogen-bond donors (Lipinski definition) is 1. The van der Waals surface area contributed by atoms with Crippen molar-refractivity contribution in [2.45, 2.75) is 58.0 Å². The minimum absolute atomic E-state index is 0.121. The zero-order valence-corrected chi connectivity index (χ0v) is 10.2. The Bertz CT molecular complexity index is 219. The maximum absolute atomic E-state index is 11.5. The van der Waals surface area contributed by atoms with Crippen LogP contribution in [0.2, 0.25) is 0 Å².